The van der Waals surface area contributed by atoms with Gasteiger partial charge in [-0.1, -0.05) is 43.6 Å². The molecule has 0 aliphatic carbocycles. The molecule has 4 nitrogen and oxygen atoms in total. The second-order valence-corrected chi connectivity index (χ2v) is 9.94. The van der Waals surface area contributed by atoms with Crippen LogP contribution in [0.25, 0.3) is 0 Å². The fourth-order valence-electron chi connectivity index (χ4n) is 3.51. The number of piperazine rings is 1. The van der Waals surface area contributed by atoms with Crippen molar-refractivity contribution < 1.29 is 8.42 Å². The summed E-state index contributed by atoms with van der Waals surface area (Å²) < 4.78 is 27.5. The Labute approximate surface area is 167 Å². The molecule has 2 aromatic carbocycles. The molecule has 0 N–H and O–H groups in total. The number of rotatable bonds is 5. The predicted octanol–water partition coefficient (Wildman–Crippen LogP) is 4.36. The number of sulfonamides is 1. The van der Waals surface area contributed by atoms with Crippen LogP contribution in [0.2, 0.25) is 5.02 Å². The molecule has 0 aromatic heterocycles. The summed E-state index contributed by atoms with van der Waals surface area (Å²) >= 11 is 6.13. The van der Waals surface area contributed by atoms with Crippen LogP contribution in [0, 0.1) is 12.8 Å². The van der Waals surface area contributed by atoms with Crippen LogP contribution in [0.1, 0.15) is 25.0 Å². The highest BCUT2D eigenvalue weighted by Crippen LogP contribution is 2.27. The molecule has 1 saturated heterocycles. The molecule has 27 heavy (non-hydrogen) atoms. The van der Waals surface area contributed by atoms with Gasteiger partial charge in [-0.3, -0.25) is 0 Å². The summed E-state index contributed by atoms with van der Waals surface area (Å²) in [7, 11) is -3.45. The summed E-state index contributed by atoms with van der Waals surface area (Å²) in [4.78, 5) is 2.58. The van der Waals surface area contributed by atoms with E-state index in [9.17, 15) is 8.42 Å². The van der Waals surface area contributed by atoms with E-state index in [2.05, 4.69) is 18.7 Å². The van der Waals surface area contributed by atoms with Crippen molar-refractivity contribution >= 4 is 27.3 Å². The van der Waals surface area contributed by atoms with Crippen molar-refractivity contribution in [3.63, 3.8) is 0 Å². The molecular formula is C21H27ClN2O2S. The van der Waals surface area contributed by atoms with Gasteiger partial charge in [-0.15, -0.1) is 0 Å². The lowest BCUT2D eigenvalue weighted by atomic mass is 10.0. The van der Waals surface area contributed by atoms with Gasteiger partial charge >= 0.3 is 0 Å². The molecule has 0 bridgehead atoms. The Morgan fingerprint density at radius 3 is 2.22 bits per heavy atom. The van der Waals surface area contributed by atoms with Crippen LogP contribution in [0.5, 0.6) is 0 Å². The summed E-state index contributed by atoms with van der Waals surface area (Å²) in [5.41, 5.74) is 3.40. The molecule has 2 aromatic rings. The largest absolute Gasteiger partial charge is 0.369 e. The molecule has 0 radical (unpaired) electrons. The summed E-state index contributed by atoms with van der Waals surface area (Å²) in [6.45, 7) is 8.63. The van der Waals surface area contributed by atoms with E-state index in [-0.39, 0.29) is 0 Å². The maximum Gasteiger partial charge on any atom is 0.243 e. The molecule has 1 aliphatic rings. The Morgan fingerprint density at radius 1 is 1.00 bits per heavy atom. The highest BCUT2D eigenvalue weighted by atomic mass is 35.5. The smallest absolute Gasteiger partial charge is 0.243 e. The summed E-state index contributed by atoms with van der Waals surface area (Å²) in [6.07, 6.45) is 0.956. The minimum atomic E-state index is -3.45. The molecule has 146 valence electrons. The van der Waals surface area contributed by atoms with E-state index in [1.54, 1.807) is 16.4 Å². The first-order valence-electron chi connectivity index (χ1n) is 9.37. The SMILES string of the molecule is Cc1ccc(Cl)cc1N1CCN(S(=O)(=O)c2ccc(CC(C)C)cc2)CC1. The Hall–Kier alpha value is -1.56. The van der Waals surface area contributed by atoms with Crippen molar-refractivity contribution in [3.8, 4) is 0 Å². The van der Waals surface area contributed by atoms with Crippen LogP contribution < -0.4 is 4.90 Å². The average Bonchev–Trinajstić information content (AvgIpc) is 2.64. The molecule has 0 saturated carbocycles. The predicted molar refractivity (Wildman–Crippen MR) is 112 cm³/mol. The second kappa shape index (κ2) is 8.21. The molecule has 1 aliphatic heterocycles. The highest BCUT2D eigenvalue weighted by molar-refractivity contribution is 7.89. The van der Waals surface area contributed by atoms with E-state index in [0.29, 0.717) is 42.0 Å². The number of aryl methyl sites for hydroxylation is 1. The molecule has 1 fully saturated rings. The fraction of sp³-hybridized carbons (Fsp3) is 0.429. The van der Waals surface area contributed by atoms with E-state index < -0.39 is 10.0 Å². The lowest BCUT2D eigenvalue weighted by Crippen LogP contribution is -2.48. The first kappa shape index (κ1) is 20.2. The topological polar surface area (TPSA) is 40.6 Å². The van der Waals surface area contributed by atoms with Crippen LogP contribution in [0.15, 0.2) is 47.4 Å². The zero-order valence-electron chi connectivity index (χ0n) is 16.2. The molecule has 0 atom stereocenters. The molecule has 3 rings (SSSR count). The Balaban J connectivity index is 1.70. The molecule has 0 unspecified atom stereocenters. The van der Waals surface area contributed by atoms with Gasteiger partial charge in [0.05, 0.1) is 4.90 Å². The normalized spacial score (nSPS) is 16.1. The van der Waals surface area contributed by atoms with Gasteiger partial charge in [-0.2, -0.15) is 4.31 Å². The number of benzene rings is 2. The molecule has 1 heterocycles. The zero-order chi connectivity index (χ0) is 19.6. The van der Waals surface area contributed by atoms with Gasteiger partial charge in [0.1, 0.15) is 0 Å². The third kappa shape index (κ3) is 4.65. The number of hydrogen-bond acceptors (Lipinski definition) is 3. The van der Waals surface area contributed by atoms with Gasteiger partial charge in [-0.25, -0.2) is 8.42 Å². The Kier molecular flexibility index (Phi) is 6.14. The minimum Gasteiger partial charge on any atom is -0.369 e. The van der Waals surface area contributed by atoms with Crippen LogP contribution in [-0.4, -0.2) is 38.9 Å². The Morgan fingerprint density at radius 2 is 1.63 bits per heavy atom. The van der Waals surface area contributed by atoms with Gasteiger partial charge in [0.25, 0.3) is 0 Å². The van der Waals surface area contributed by atoms with Crippen LogP contribution in [-0.2, 0) is 16.4 Å². The third-order valence-corrected chi connectivity index (χ3v) is 7.10. The Bertz CT molecular complexity index is 887. The van der Waals surface area contributed by atoms with E-state index in [1.165, 1.54) is 5.56 Å². The van der Waals surface area contributed by atoms with E-state index >= 15 is 0 Å². The summed E-state index contributed by atoms with van der Waals surface area (Å²) in [5.74, 6) is 0.551. The first-order valence-corrected chi connectivity index (χ1v) is 11.2. The van der Waals surface area contributed by atoms with Gasteiger partial charge in [0, 0.05) is 36.9 Å². The first-order chi connectivity index (χ1) is 12.8. The van der Waals surface area contributed by atoms with Crippen molar-refractivity contribution in [2.24, 2.45) is 5.92 Å². The molecule has 0 amide bonds. The van der Waals surface area contributed by atoms with Gasteiger partial charge in [0.2, 0.25) is 10.0 Å². The minimum absolute atomic E-state index is 0.377. The van der Waals surface area contributed by atoms with Crippen molar-refractivity contribution in [1.29, 1.82) is 0 Å². The molecule has 0 spiro atoms. The standard InChI is InChI=1S/C21H27ClN2O2S/c1-16(2)14-18-5-8-20(9-6-18)27(25,26)24-12-10-23(11-13-24)21-15-19(22)7-4-17(21)3/h4-9,15-16H,10-14H2,1-3H3. The number of nitrogens with zero attached hydrogens (tertiary/aromatic N) is 2. The number of hydrogen-bond donors (Lipinski definition) is 0. The quantitative estimate of drug-likeness (QED) is 0.740. The number of halogens is 1. The molecule has 6 heteroatoms. The van der Waals surface area contributed by atoms with Crippen molar-refractivity contribution in [3.05, 3.63) is 58.6 Å². The third-order valence-electron chi connectivity index (χ3n) is 4.96. The maximum atomic E-state index is 13.0. The zero-order valence-corrected chi connectivity index (χ0v) is 17.7. The van der Waals surface area contributed by atoms with Crippen LogP contribution in [0.3, 0.4) is 0 Å². The van der Waals surface area contributed by atoms with Crippen LogP contribution >= 0.6 is 11.6 Å². The monoisotopic (exact) mass is 406 g/mol. The lowest BCUT2D eigenvalue weighted by Gasteiger charge is -2.36. The van der Waals surface area contributed by atoms with E-state index in [1.807, 2.05) is 37.3 Å². The van der Waals surface area contributed by atoms with Crippen molar-refractivity contribution in [2.45, 2.75) is 32.1 Å². The number of anilines is 1. The van der Waals surface area contributed by atoms with Gasteiger partial charge < -0.3 is 4.90 Å². The summed E-state index contributed by atoms with van der Waals surface area (Å²) in [5, 5.41) is 0.701. The maximum absolute atomic E-state index is 13.0. The lowest BCUT2D eigenvalue weighted by molar-refractivity contribution is 0.384. The van der Waals surface area contributed by atoms with E-state index in [0.717, 1.165) is 17.7 Å². The molecular weight excluding hydrogens is 380 g/mol. The van der Waals surface area contributed by atoms with Crippen LogP contribution in [0.4, 0.5) is 5.69 Å². The van der Waals surface area contributed by atoms with E-state index in [4.69, 9.17) is 11.6 Å². The fourth-order valence-corrected chi connectivity index (χ4v) is 5.10. The van der Waals surface area contributed by atoms with Crippen molar-refractivity contribution in [2.75, 3.05) is 31.1 Å². The van der Waals surface area contributed by atoms with Gasteiger partial charge in [-0.05, 0) is 54.7 Å². The highest BCUT2D eigenvalue weighted by Gasteiger charge is 2.29. The summed E-state index contributed by atoms with van der Waals surface area (Å²) in [6, 6.07) is 13.2. The average molecular weight is 407 g/mol. The second-order valence-electron chi connectivity index (χ2n) is 7.56. The van der Waals surface area contributed by atoms with Crippen molar-refractivity contribution in [1.82, 2.24) is 4.31 Å². The van der Waals surface area contributed by atoms with Gasteiger partial charge in [0.15, 0.2) is 0 Å².